The largest absolute Gasteiger partial charge is 0.416 e. The zero-order valence-electron chi connectivity index (χ0n) is 15.4. The molecule has 6 nitrogen and oxygen atoms in total. The lowest BCUT2D eigenvalue weighted by Crippen LogP contribution is -2.51. The highest BCUT2D eigenvalue weighted by atomic mass is 19.4. The molecule has 2 aromatic rings. The normalized spacial score (nSPS) is 23.6. The van der Waals surface area contributed by atoms with Gasteiger partial charge in [0.15, 0.2) is 11.5 Å². The molecule has 2 atom stereocenters. The van der Waals surface area contributed by atoms with Crippen molar-refractivity contribution in [2.75, 3.05) is 11.9 Å². The molecule has 9 heteroatoms. The Morgan fingerprint density at radius 2 is 1.82 bits per heavy atom. The van der Waals surface area contributed by atoms with Gasteiger partial charge in [0.05, 0.1) is 17.6 Å². The highest BCUT2D eigenvalue weighted by Crippen LogP contribution is 2.41. The fourth-order valence-corrected chi connectivity index (χ4v) is 4.44. The summed E-state index contributed by atoms with van der Waals surface area (Å²) in [6, 6.07) is 5.19. The van der Waals surface area contributed by atoms with E-state index in [4.69, 9.17) is 4.99 Å². The Bertz CT molecular complexity index is 1010. The number of alkyl halides is 3. The standard InChI is InChI=1S/C19H18F3N5O/c1-25-14-16(24-15(25)10-6-8-11(9-7-10)19(20,21)22)27-13-5-3-4-12(13)23-18(27)26(2)17(14)28/h6-9,12-13H,3-5H2,1-2H3. The smallest absolute Gasteiger partial charge is 0.321 e. The van der Waals surface area contributed by atoms with Crippen LogP contribution in [0, 0.1) is 0 Å². The Kier molecular flexibility index (Phi) is 3.45. The van der Waals surface area contributed by atoms with Crippen molar-refractivity contribution in [3.8, 4) is 11.4 Å². The molecular weight excluding hydrogens is 371 g/mol. The van der Waals surface area contributed by atoms with E-state index < -0.39 is 11.7 Å². The minimum atomic E-state index is -4.39. The Labute approximate surface area is 159 Å². The van der Waals surface area contributed by atoms with E-state index in [0.29, 0.717) is 28.9 Å². The summed E-state index contributed by atoms with van der Waals surface area (Å²) in [7, 11) is 3.41. The first-order valence-corrected chi connectivity index (χ1v) is 9.17. The minimum absolute atomic E-state index is 0.160. The minimum Gasteiger partial charge on any atom is -0.321 e. The molecule has 0 radical (unpaired) electrons. The third kappa shape index (κ3) is 2.25. The molecule has 2 aliphatic heterocycles. The third-order valence-corrected chi connectivity index (χ3v) is 5.85. The van der Waals surface area contributed by atoms with Crippen LogP contribution in [0.4, 0.5) is 19.0 Å². The Hall–Kier alpha value is -2.84. The SMILES string of the molecule is CN1C(=O)c2c(nc(-c3ccc(C(F)(F)F)cc3)n2C)N2C1=NC1CCCC12. The van der Waals surface area contributed by atoms with Gasteiger partial charge in [0, 0.05) is 19.7 Å². The highest BCUT2D eigenvalue weighted by molar-refractivity contribution is 6.18. The van der Waals surface area contributed by atoms with Gasteiger partial charge in [-0.3, -0.25) is 14.6 Å². The van der Waals surface area contributed by atoms with Gasteiger partial charge in [0.2, 0.25) is 5.96 Å². The molecule has 3 aliphatic rings. The number of rotatable bonds is 1. The summed E-state index contributed by atoms with van der Waals surface area (Å²) >= 11 is 0. The van der Waals surface area contributed by atoms with Crippen molar-refractivity contribution in [2.45, 2.75) is 37.5 Å². The fraction of sp³-hybridized carbons (Fsp3) is 0.421. The third-order valence-electron chi connectivity index (χ3n) is 5.85. The van der Waals surface area contributed by atoms with Crippen molar-refractivity contribution in [1.29, 1.82) is 0 Å². The molecule has 1 aromatic heterocycles. The van der Waals surface area contributed by atoms with Crippen LogP contribution >= 0.6 is 0 Å². The molecule has 0 saturated heterocycles. The van der Waals surface area contributed by atoms with E-state index in [1.165, 1.54) is 12.1 Å². The molecule has 1 aromatic carbocycles. The van der Waals surface area contributed by atoms with Gasteiger partial charge >= 0.3 is 6.18 Å². The van der Waals surface area contributed by atoms with E-state index in [9.17, 15) is 18.0 Å². The molecule has 28 heavy (non-hydrogen) atoms. The zero-order chi connectivity index (χ0) is 19.8. The molecule has 0 N–H and O–H groups in total. The van der Waals surface area contributed by atoms with Crippen LogP contribution < -0.4 is 4.90 Å². The number of imidazole rings is 1. The van der Waals surface area contributed by atoms with Gasteiger partial charge in [-0.1, -0.05) is 12.1 Å². The first-order chi connectivity index (χ1) is 13.3. The monoisotopic (exact) mass is 389 g/mol. The summed E-state index contributed by atoms with van der Waals surface area (Å²) in [6.07, 6.45) is -1.35. The van der Waals surface area contributed by atoms with Crippen molar-refractivity contribution in [3.63, 3.8) is 0 Å². The van der Waals surface area contributed by atoms with Crippen molar-refractivity contribution in [3.05, 3.63) is 35.5 Å². The van der Waals surface area contributed by atoms with E-state index in [0.717, 1.165) is 31.4 Å². The number of guanidine groups is 1. The Morgan fingerprint density at radius 1 is 1.11 bits per heavy atom. The van der Waals surface area contributed by atoms with Crippen molar-refractivity contribution < 1.29 is 18.0 Å². The van der Waals surface area contributed by atoms with E-state index in [2.05, 4.69) is 4.98 Å². The summed E-state index contributed by atoms with van der Waals surface area (Å²) in [6.45, 7) is 0. The zero-order valence-corrected chi connectivity index (χ0v) is 15.4. The molecule has 146 valence electrons. The first-order valence-electron chi connectivity index (χ1n) is 9.17. The van der Waals surface area contributed by atoms with Gasteiger partial charge in [-0.05, 0) is 31.4 Å². The lowest BCUT2D eigenvalue weighted by atomic mass is 10.1. The number of fused-ring (bicyclic) bond motifs is 5. The average molecular weight is 389 g/mol. The maximum absolute atomic E-state index is 12.9. The van der Waals surface area contributed by atoms with Crippen LogP contribution in [0.5, 0.6) is 0 Å². The maximum Gasteiger partial charge on any atom is 0.416 e. The highest BCUT2D eigenvalue weighted by Gasteiger charge is 2.48. The van der Waals surface area contributed by atoms with Crippen molar-refractivity contribution >= 4 is 17.7 Å². The summed E-state index contributed by atoms with van der Waals surface area (Å²) in [5.74, 6) is 1.42. The molecule has 0 bridgehead atoms. The fourth-order valence-electron chi connectivity index (χ4n) is 4.44. The second-order valence-electron chi connectivity index (χ2n) is 7.47. The number of benzene rings is 1. The summed E-state index contributed by atoms with van der Waals surface area (Å²) in [5, 5.41) is 0. The molecule has 1 aliphatic carbocycles. The van der Waals surface area contributed by atoms with Crippen LogP contribution in [0.25, 0.3) is 11.4 Å². The van der Waals surface area contributed by atoms with Gasteiger partial charge in [0.25, 0.3) is 5.91 Å². The molecule has 1 amide bonds. The Balaban J connectivity index is 1.62. The van der Waals surface area contributed by atoms with Crippen LogP contribution in [0.15, 0.2) is 29.3 Å². The van der Waals surface area contributed by atoms with Crippen LogP contribution in [0.3, 0.4) is 0 Å². The van der Waals surface area contributed by atoms with Crippen LogP contribution in [-0.2, 0) is 13.2 Å². The van der Waals surface area contributed by atoms with Gasteiger partial charge in [-0.15, -0.1) is 0 Å². The van der Waals surface area contributed by atoms with Gasteiger partial charge in [-0.25, -0.2) is 9.98 Å². The summed E-state index contributed by atoms with van der Waals surface area (Å²) in [5.41, 5.74) is 0.249. The second kappa shape index (κ2) is 5.59. The van der Waals surface area contributed by atoms with E-state index in [-0.39, 0.29) is 18.0 Å². The van der Waals surface area contributed by atoms with Gasteiger partial charge < -0.3 is 4.57 Å². The number of carbonyl (C=O) groups excluding carboxylic acids is 1. The molecule has 2 unspecified atom stereocenters. The van der Waals surface area contributed by atoms with E-state index >= 15 is 0 Å². The number of halogens is 3. The molecule has 0 spiro atoms. The van der Waals surface area contributed by atoms with E-state index in [1.54, 1.807) is 23.6 Å². The number of nitrogens with zero attached hydrogens (tertiary/aromatic N) is 5. The van der Waals surface area contributed by atoms with Crippen LogP contribution in [0.1, 0.15) is 35.3 Å². The molecule has 1 fully saturated rings. The predicted octanol–water partition coefficient (Wildman–Crippen LogP) is 3.29. The number of hydrogen-bond donors (Lipinski definition) is 0. The quantitative estimate of drug-likeness (QED) is 0.752. The van der Waals surface area contributed by atoms with Crippen molar-refractivity contribution in [1.82, 2.24) is 14.5 Å². The number of anilines is 1. The lowest BCUT2D eigenvalue weighted by Gasteiger charge is -2.34. The molecular formula is C19H18F3N5O. The Morgan fingerprint density at radius 3 is 2.50 bits per heavy atom. The number of carbonyl (C=O) groups is 1. The number of aromatic nitrogens is 2. The van der Waals surface area contributed by atoms with Crippen molar-refractivity contribution in [2.24, 2.45) is 12.0 Å². The first kappa shape index (κ1) is 17.3. The van der Waals surface area contributed by atoms with Crippen LogP contribution in [0.2, 0.25) is 0 Å². The average Bonchev–Trinajstić information content (AvgIpc) is 3.32. The van der Waals surface area contributed by atoms with Gasteiger partial charge in [0.1, 0.15) is 5.82 Å². The van der Waals surface area contributed by atoms with Crippen LogP contribution in [-0.4, -0.2) is 45.4 Å². The second-order valence-corrected chi connectivity index (χ2v) is 7.47. The number of hydrogen-bond acceptors (Lipinski definition) is 4. The topological polar surface area (TPSA) is 53.7 Å². The maximum atomic E-state index is 12.9. The predicted molar refractivity (Wildman–Crippen MR) is 97.1 cm³/mol. The van der Waals surface area contributed by atoms with E-state index in [1.807, 2.05) is 4.90 Å². The number of aliphatic imine (C=N–C) groups is 1. The lowest BCUT2D eigenvalue weighted by molar-refractivity contribution is -0.137. The summed E-state index contributed by atoms with van der Waals surface area (Å²) in [4.78, 5) is 25.9. The number of amides is 1. The van der Waals surface area contributed by atoms with Gasteiger partial charge in [-0.2, -0.15) is 13.2 Å². The molecule has 3 heterocycles. The molecule has 5 rings (SSSR count). The summed E-state index contributed by atoms with van der Waals surface area (Å²) < 4.78 is 40.2. The molecule has 1 saturated carbocycles.